The summed E-state index contributed by atoms with van der Waals surface area (Å²) < 4.78 is 26.4. The molecule has 19 heavy (non-hydrogen) atoms. The van der Waals surface area contributed by atoms with Crippen molar-refractivity contribution in [2.24, 2.45) is 0 Å². The predicted octanol–water partition coefficient (Wildman–Crippen LogP) is 2.82. The summed E-state index contributed by atoms with van der Waals surface area (Å²) in [6.07, 6.45) is 3.24. The van der Waals surface area contributed by atoms with E-state index in [0.29, 0.717) is 6.54 Å². The highest BCUT2D eigenvalue weighted by molar-refractivity contribution is 7.89. The van der Waals surface area contributed by atoms with Crippen LogP contribution in [0.2, 0.25) is 10.0 Å². The van der Waals surface area contributed by atoms with Crippen molar-refractivity contribution in [3.05, 3.63) is 28.2 Å². The monoisotopic (exact) mass is 325 g/mol. The lowest BCUT2D eigenvalue weighted by atomic mass is 10.2. The van der Waals surface area contributed by atoms with E-state index in [0.717, 1.165) is 25.7 Å². The fourth-order valence-electron chi connectivity index (χ4n) is 1.56. The Balaban J connectivity index is 2.51. The van der Waals surface area contributed by atoms with E-state index in [2.05, 4.69) is 4.72 Å². The third kappa shape index (κ3) is 6.10. The topological polar surface area (TPSA) is 66.4 Å². The molecule has 0 heterocycles. The maximum Gasteiger partial charge on any atom is 0.240 e. The fourth-order valence-corrected chi connectivity index (χ4v) is 3.36. The molecule has 0 amide bonds. The quantitative estimate of drug-likeness (QED) is 0.722. The Morgan fingerprint density at radius 2 is 1.58 bits per heavy atom. The third-order valence-electron chi connectivity index (χ3n) is 2.52. The van der Waals surface area contributed by atoms with Gasteiger partial charge in [0.05, 0.1) is 4.90 Å². The Kier molecular flexibility index (Phi) is 7.10. The van der Waals surface area contributed by atoms with E-state index in [1.54, 1.807) is 0 Å². The van der Waals surface area contributed by atoms with Gasteiger partial charge in [0.15, 0.2) is 0 Å². The van der Waals surface area contributed by atoms with Crippen molar-refractivity contribution in [2.75, 3.05) is 13.2 Å². The minimum Gasteiger partial charge on any atom is -0.396 e. The number of rotatable bonds is 8. The number of hydrogen-bond acceptors (Lipinski definition) is 3. The smallest absolute Gasteiger partial charge is 0.240 e. The van der Waals surface area contributed by atoms with Crippen LogP contribution in [-0.2, 0) is 10.0 Å². The van der Waals surface area contributed by atoms with Gasteiger partial charge >= 0.3 is 0 Å². The molecule has 0 radical (unpaired) electrons. The number of sulfonamides is 1. The maximum atomic E-state index is 12.0. The summed E-state index contributed by atoms with van der Waals surface area (Å²) in [5, 5.41) is 9.19. The van der Waals surface area contributed by atoms with Crippen LogP contribution in [0.1, 0.15) is 25.7 Å². The molecule has 0 bridgehead atoms. The second kappa shape index (κ2) is 8.07. The molecule has 0 aliphatic heterocycles. The zero-order chi connectivity index (χ0) is 14.3. The van der Waals surface area contributed by atoms with Crippen molar-refractivity contribution in [3.8, 4) is 0 Å². The molecule has 0 saturated carbocycles. The molecule has 0 aliphatic rings. The second-order valence-electron chi connectivity index (χ2n) is 4.14. The molecule has 0 saturated heterocycles. The van der Waals surface area contributed by atoms with Crippen LogP contribution >= 0.6 is 23.2 Å². The summed E-state index contributed by atoms with van der Waals surface area (Å²) in [5.74, 6) is 0. The molecule has 1 rings (SSSR count). The molecule has 108 valence electrons. The molecule has 0 fully saturated rings. The molecule has 1 aromatic carbocycles. The summed E-state index contributed by atoms with van der Waals surface area (Å²) in [5.41, 5.74) is 0. The fraction of sp³-hybridized carbons (Fsp3) is 0.500. The van der Waals surface area contributed by atoms with E-state index < -0.39 is 10.0 Å². The van der Waals surface area contributed by atoms with Crippen LogP contribution in [0.5, 0.6) is 0 Å². The van der Waals surface area contributed by atoms with Gasteiger partial charge in [-0.3, -0.25) is 0 Å². The second-order valence-corrected chi connectivity index (χ2v) is 6.78. The highest BCUT2D eigenvalue weighted by Gasteiger charge is 2.14. The summed E-state index contributed by atoms with van der Waals surface area (Å²) in [4.78, 5) is 0.0698. The molecule has 0 unspecified atom stereocenters. The van der Waals surface area contributed by atoms with Crippen molar-refractivity contribution in [1.29, 1.82) is 0 Å². The average Bonchev–Trinajstić information content (AvgIpc) is 2.32. The van der Waals surface area contributed by atoms with E-state index in [4.69, 9.17) is 28.3 Å². The van der Waals surface area contributed by atoms with Crippen LogP contribution < -0.4 is 4.72 Å². The van der Waals surface area contributed by atoms with Gasteiger partial charge in [-0.15, -0.1) is 0 Å². The van der Waals surface area contributed by atoms with E-state index in [1.807, 2.05) is 0 Å². The van der Waals surface area contributed by atoms with Gasteiger partial charge in [-0.1, -0.05) is 36.0 Å². The summed E-state index contributed by atoms with van der Waals surface area (Å²) >= 11 is 11.5. The Morgan fingerprint density at radius 1 is 1.00 bits per heavy atom. The van der Waals surface area contributed by atoms with Crippen LogP contribution in [-0.4, -0.2) is 26.7 Å². The zero-order valence-electron chi connectivity index (χ0n) is 10.4. The van der Waals surface area contributed by atoms with Crippen LogP contribution in [0.25, 0.3) is 0 Å². The van der Waals surface area contributed by atoms with Gasteiger partial charge in [0, 0.05) is 23.2 Å². The number of benzene rings is 1. The molecule has 0 aromatic heterocycles. The van der Waals surface area contributed by atoms with Gasteiger partial charge in [0.1, 0.15) is 0 Å². The standard InChI is InChI=1S/C12H17Cl2NO3S/c13-10-7-11(14)9-12(8-10)19(17,18)15-5-3-1-2-4-6-16/h7-9,15-16H,1-6H2. The van der Waals surface area contributed by atoms with Crippen molar-refractivity contribution in [3.63, 3.8) is 0 Å². The lowest BCUT2D eigenvalue weighted by Gasteiger charge is -2.07. The SMILES string of the molecule is O=S(=O)(NCCCCCCO)c1cc(Cl)cc(Cl)c1. The molecule has 0 aliphatic carbocycles. The predicted molar refractivity (Wildman–Crippen MR) is 77.2 cm³/mol. The van der Waals surface area contributed by atoms with Crippen LogP contribution in [0.4, 0.5) is 0 Å². The van der Waals surface area contributed by atoms with Crippen molar-refractivity contribution in [1.82, 2.24) is 4.72 Å². The molecule has 1 aromatic rings. The van der Waals surface area contributed by atoms with E-state index in [1.165, 1.54) is 18.2 Å². The van der Waals surface area contributed by atoms with Crippen LogP contribution in [0.3, 0.4) is 0 Å². The highest BCUT2D eigenvalue weighted by atomic mass is 35.5. The van der Waals surface area contributed by atoms with Gasteiger partial charge < -0.3 is 5.11 Å². The molecular formula is C12H17Cl2NO3S. The van der Waals surface area contributed by atoms with Gasteiger partial charge in [-0.05, 0) is 31.0 Å². The molecular weight excluding hydrogens is 309 g/mol. The Bertz CT molecular complexity index is 485. The van der Waals surface area contributed by atoms with Crippen molar-refractivity contribution < 1.29 is 13.5 Å². The van der Waals surface area contributed by atoms with Gasteiger partial charge in [-0.25, -0.2) is 13.1 Å². The number of unbranched alkanes of at least 4 members (excludes halogenated alkanes) is 3. The van der Waals surface area contributed by atoms with E-state index >= 15 is 0 Å². The minimum atomic E-state index is -3.57. The Hall–Kier alpha value is -0.330. The zero-order valence-corrected chi connectivity index (χ0v) is 12.7. The first kappa shape index (κ1) is 16.7. The number of aliphatic hydroxyl groups is 1. The summed E-state index contributed by atoms with van der Waals surface area (Å²) in [6, 6.07) is 4.21. The van der Waals surface area contributed by atoms with Crippen molar-refractivity contribution >= 4 is 33.2 Å². The lowest BCUT2D eigenvalue weighted by Crippen LogP contribution is -2.24. The first-order chi connectivity index (χ1) is 8.95. The Morgan fingerprint density at radius 3 is 2.16 bits per heavy atom. The number of halogens is 2. The average molecular weight is 326 g/mol. The minimum absolute atomic E-state index is 0.0698. The first-order valence-corrected chi connectivity index (χ1v) is 8.26. The maximum absolute atomic E-state index is 12.0. The van der Waals surface area contributed by atoms with Gasteiger partial charge in [0.25, 0.3) is 0 Å². The molecule has 4 nitrogen and oxygen atoms in total. The third-order valence-corrected chi connectivity index (χ3v) is 4.40. The first-order valence-electron chi connectivity index (χ1n) is 6.02. The van der Waals surface area contributed by atoms with E-state index in [9.17, 15) is 8.42 Å². The van der Waals surface area contributed by atoms with Crippen LogP contribution in [0.15, 0.2) is 23.1 Å². The number of hydrogen-bond donors (Lipinski definition) is 2. The van der Waals surface area contributed by atoms with Crippen molar-refractivity contribution in [2.45, 2.75) is 30.6 Å². The highest BCUT2D eigenvalue weighted by Crippen LogP contribution is 2.22. The van der Waals surface area contributed by atoms with Gasteiger partial charge in [-0.2, -0.15) is 0 Å². The molecule has 2 N–H and O–H groups in total. The normalized spacial score (nSPS) is 11.7. The number of aliphatic hydroxyl groups excluding tert-OH is 1. The largest absolute Gasteiger partial charge is 0.396 e. The number of nitrogens with one attached hydrogen (secondary N) is 1. The summed E-state index contributed by atoms with van der Waals surface area (Å²) in [7, 11) is -3.57. The lowest BCUT2D eigenvalue weighted by molar-refractivity contribution is 0.282. The summed E-state index contributed by atoms with van der Waals surface area (Å²) in [6.45, 7) is 0.532. The van der Waals surface area contributed by atoms with Gasteiger partial charge in [0.2, 0.25) is 10.0 Å². The molecule has 0 atom stereocenters. The Labute approximate surface area is 123 Å². The molecule has 0 spiro atoms. The van der Waals surface area contributed by atoms with Crippen LogP contribution in [0, 0.1) is 0 Å². The molecule has 7 heteroatoms. The van der Waals surface area contributed by atoms with E-state index in [-0.39, 0.29) is 21.5 Å².